The lowest BCUT2D eigenvalue weighted by molar-refractivity contribution is -0.144. The molecule has 4 rings (SSSR count). The van der Waals surface area contributed by atoms with Gasteiger partial charge < -0.3 is 15.3 Å². The molecule has 3 amide bonds. The molecule has 0 aromatic rings. The van der Waals surface area contributed by atoms with Crippen molar-refractivity contribution in [2.45, 2.75) is 45.8 Å². The third-order valence-electron chi connectivity index (χ3n) is 6.12. The van der Waals surface area contributed by atoms with Gasteiger partial charge in [0.05, 0.1) is 11.7 Å². The Hall–Kier alpha value is -2.15. The summed E-state index contributed by atoms with van der Waals surface area (Å²) in [5.74, 6) is 1.33. The van der Waals surface area contributed by atoms with Crippen LogP contribution in [-0.4, -0.2) is 65.0 Å². The monoisotopic (exact) mass is 372 g/mol. The molecule has 3 unspecified atom stereocenters. The van der Waals surface area contributed by atoms with E-state index in [0.29, 0.717) is 24.9 Å². The van der Waals surface area contributed by atoms with Gasteiger partial charge in [-0.25, -0.2) is 9.79 Å². The van der Waals surface area contributed by atoms with Crippen molar-refractivity contribution in [2.24, 2.45) is 22.2 Å². The molecule has 0 bridgehead atoms. The number of hydrogen-bond donors (Lipinski definition) is 2. The zero-order valence-corrected chi connectivity index (χ0v) is 16.4. The van der Waals surface area contributed by atoms with E-state index in [1.807, 2.05) is 25.7 Å². The first-order valence-corrected chi connectivity index (χ1v) is 9.66. The minimum atomic E-state index is -0.966. The quantitative estimate of drug-likeness (QED) is 0.770. The fraction of sp³-hybridized carbons (Fsp3) is 0.650. The molecule has 3 aliphatic heterocycles. The number of aliphatic imine (C=N–C) groups is 1. The first kappa shape index (κ1) is 18.2. The van der Waals surface area contributed by atoms with E-state index in [0.717, 1.165) is 24.4 Å². The Balaban J connectivity index is 1.45. The molecular weight excluding hydrogens is 344 g/mol. The largest absolute Gasteiger partial charge is 0.383 e. The molecule has 3 heterocycles. The Bertz CT molecular complexity index is 777. The van der Waals surface area contributed by atoms with Crippen LogP contribution in [-0.2, 0) is 4.79 Å². The summed E-state index contributed by atoms with van der Waals surface area (Å²) in [5, 5.41) is 13.2. The second-order valence-corrected chi connectivity index (χ2v) is 9.19. The highest BCUT2D eigenvalue weighted by Crippen LogP contribution is 2.41. The number of aliphatic hydroxyl groups is 1. The van der Waals surface area contributed by atoms with E-state index in [1.54, 1.807) is 11.9 Å². The van der Waals surface area contributed by atoms with Crippen LogP contribution in [0.1, 0.15) is 33.6 Å². The highest BCUT2D eigenvalue weighted by molar-refractivity contribution is 6.07. The van der Waals surface area contributed by atoms with Crippen molar-refractivity contribution in [1.82, 2.24) is 15.1 Å². The van der Waals surface area contributed by atoms with Crippen molar-refractivity contribution in [3.63, 3.8) is 0 Å². The number of amidine groups is 1. The van der Waals surface area contributed by atoms with E-state index in [4.69, 9.17) is 4.99 Å². The Morgan fingerprint density at radius 3 is 2.78 bits per heavy atom. The molecule has 4 aliphatic rings. The maximum Gasteiger partial charge on any atom is 0.323 e. The van der Waals surface area contributed by atoms with Crippen molar-refractivity contribution in [1.29, 1.82) is 0 Å². The van der Waals surface area contributed by atoms with E-state index in [-0.39, 0.29) is 18.0 Å². The van der Waals surface area contributed by atoms with Gasteiger partial charge in [0.1, 0.15) is 11.9 Å². The zero-order chi connectivity index (χ0) is 19.5. The molecule has 1 aliphatic carbocycles. The number of aliphatic hydroxyl groups excluding tert-OH is 1. The molecule has 2 saturated heterocycles. The van der Waals surface area contributed by atoms with Crippen LogP contribution in [0.2, 0.25) is 0 Å². The number of hydrogen-bond acceptors (Lipinski definition) is 4. The molecule has 7 heteroatoms. The highest BCUT2D eigenvalue weighted by Gasteiger charge is 2.43. The fourth-order valence-corrected chi connectivity index (χ4v) is 4.39. The number of likely N-dealkylation sites (tertiary alicyclic amines) is 1. The second-order valence-electron chi connectivity index (χ2n) is 9.19. The first-order valence-electron chi connectivity index (χ1n) is 9.66. The predicted octanol–water partition coefficient (Wildman–Crippen LogP) is 1.51. The number of nitrogens with zero attached hydrogens (tertiary/aromatic N) is 3. The lowest BCUT2D eigenvalue weighted by atomic mass is 9.88. The van der Waals surface area contributed by atoms with Gasteiger partial charge in [0.2, 0.25) is 0 Å². The summed E-state index contributed by atoms with van der Waals surface area (Å²) in [5.41, 5.74) is 1.73. The highest BCUT2D eigenvalue weighted by atomic mass is 16.3. The SMILES string of the molecule is CN1C(=O)NC2CC=C(C3=CC4CN(C(=O)[C@@H](O)C(C)(C)C)CC4C3)N=C21. The average Bonchev–Trinajstić information content (AvgIpc) is 3.25. The summed E-state index contributed by atoms with van der Waals surface area (Å²) >= 11 is 0. The minimum Gasteiger partial charge on any atom is -0.383 e. The van der Waals surface area contributed by atoms with Gasteiger partial charge in [-0.05, 0) is 35.7 Å². The number of fused-ring (bicyclic) bond motifs is 2. The lowest BCUT2D eigenvalue weighted by Gasteiger charge is -2.29. The van der Waals surface area contributed by atoms with Crippen LogP contribution >= 0.6 is 0 Å². The summed E-state index contributed by atoms with van der Waals surface area (Å²) < 4.78 is 0. The topological polar surface area (TPSA) is 85.2 Å². The van der Waals surface area contributed by atoms with Crippen molar-refractivity contribution in [3.05, 3.63) is 23.4 Å². The van der Waals surface area contributed by atoms with Gasteiger partial charge in [0.25, 0.3) is 5.91 Å². The number of rotatable bonds is 2. The Kier molecular flexibility index (Phi) is 4.18. The van der Waals surface area contributed by atoms with E-state index in [2.05, 4.69) is 17.5 Å². The Labute approximate surface area is 159 Å². The molecule has 2 fully saturated rings. The molecule has 4 atom stereocenters. The standard InChI is InChI=1S/C20H28N4O3/c1-20(2,3)16(25)18(26)24-9-12-7-11(8-13(12)10-24)14-5-6-15-17(21-14)23(4)19(27)22-15/h5,7,12-13,15-16,25H,6,8-10H2,1-4H3,(H,22,27)/t12?,13?,15?,16-/m1/s1. The molecule has 0 spiro atoms. The van der Waals surface area contributed by atoms with Crippen molar-refractivity contribution >= 4 is 17.8 Å². The second kappa shape index (κ2) is 6.19. The zero-order valence-electron chi connectivity index (χ0n) is 16.4. The molecular formula is C20H28N4O3. The summed E-state index contributed by atoms with van der Waals surface area (Å²) in [6.07, 6.45) is 5.03. The molecule has 0 aromatic carbocycles. The van der Waals surface area contributed by atoms with Gasteiger partial charge >= 0.3 is 6.03 Å². The van der Waals surface area contributed by atoms with Crippen molar-refractivity contribution < 1.29 is 14.7 Å². The molecule has 0 aromatic heterocycles. The normalized spacial score (nSPS) is 31.1. The van der Waals surface area contributed by atoms with Crippen LogP contribution in [0.3, 0.4) is 0 Å². The fourth-order valence-electron chi connectivity index (χ4n) is 4.39. The summed E-state index contributed by atoms with van der Waals surface area (Å²) in [6, 6.07) is -0.114. The Morgan fingerprint density at radius 1 is 1.37 bits per heavy atom. The van der Waals surface area contributed by atoms with Gasteiger partial charge in [0.15, 0.2) is 0 Å². The number of carbonyl (C=O) groups is 2. The molecule has 0 saturated carbocycles. The Morgan fingerprint density at radius 2 is 2.11 bits per heavy atom. The van der Waals surface area contributed by atoms with Crippen LogP contribution in [0.15, 0.2) is 28.4 Å². The lowest BCUT2D eigenvalue weighted by Crippen LogP contribution is -2.44. The molecule has 2 N–H and O–H groups in total. The molecule has 146 valence electrons. The maximum absolute atomic E-state index is 12.6. The van der Waals surface area contributed by atoms with Gasteiger partial charge in [-0.3, -0.25) is 9.69 Å². The number of carbonyl (C=O) groups excluding carboxylic acids is 2. The number of urea groups is 1. The maximum atomic E-state index is 12.6. The van der Waals surface area contributed by atoms with Crippen LogP contribution < -0.4 is 5.32 Å². The third kappa shape index (κ3) is 3.08. The first-order chi connectivity index (χ1) is 12.6. The molecule has 27 heavy (non-hydrogen) atoms. The molecule has 0 radical (unpaired) electrons. The minimum absolute atomic E-state index is 0.0141. The summed E-state index contributed by atoms with van der Waals surface area (Å²) in [4.78, 5) is 32.5. The number of likely N-dealkylation sites (N-methyl/N-ethyl adjacent to an activating group) is 1. The van der Waals surface area contributed by atoms with Crippen molar-refractivity contribution in [3.8, 4) is 0 Å². The van der Waals surface area contributed by atoms with E-state index < -0.39 is 11.5 Å². The predicted molar refractivity (Wildman–Crippen MR) is 102 cm³/mol. The smallest absolute Gasteiger partial charge is 0.323 e. The van der Waals surface area contributed by atoms with Crippen LogP contribution in [0, 0.1) is 17.3 Å². The number of nitrogens with one attached hydrogen (secondary N) is 1. The average molecular weight is 372 g/mol. The van der Waals surface area contributed by atoms with E-state index >= 15 is 0 Å². The number of allylic oxidation sites excluding steroid dienone is 1. The van der Waals surface area contributed by atoms with Crippen LogP contribution in [0.4, 0.5) is 4.79 Å². The number of amides is 3. The van der Waals surface area contributed by atoms with Crippen LogP contribution in [0.25, 0.3) is 0 Å². The van der Waals surface area contributed by atoms with Gasteiger partial charge in [-0.2, -0.15) is 0 Å². The van der Waals surface area contributed by atoms with Crippen molar-refractivity contribution in [2.75, 3.05) is 20.1 Å². The summed E-state index contributed by atoms with van der Waals surface area (Å²) in [7, 11) is 1.75. The summed E-state index contributed by atoms with van der Waals surface area (Å²) in [6.45, 7) is 6.99. The van der Waals surface area contributed by atoms with Crippen LogP contribution in [0.5, 0.6) is 0 Å². The van der Waals surface area contributed by atoms with E-state index in [9.17, 15) is 14.7 Å². The van der Waals surface area contributed by atoms with Gasteiger partial charge in [-0.1, -0.05) is 32.9 Å². The van der Waals surface area contributed by atoms with E-state index in [1.165, 1.54) is 5.57 Å². The molecule has 7 nitrogen and oxygen atoms in total. The van der Waals surface area contributed by atoms with Gasteiger partial charge in [-0.15, -0.1) is 0 Å². The van der Waals surface area contributed by atoms with Gasteiger partial charge in [0, 0.05) is 20.1 Å². The third-order valence-corrected chi connectivity index (χ3v) is 6.12.